The molecule has 1 N–H and O–H groups in total. The minimum absolute atomic E-state index is 0.00281. The van der Waals surface area contributed by atoms with Gasteiger partial charge in [-0.05, 0) is 18.9 Å². The molecule has 128 valence electrons. The Morgan fingerprint density at radius 1 is 1.42 bits per heavy atom. The van der Waals surface area contributed by atoms with Crippen molar-refractivity contribution in [1.29, 1.82) is 0 Å². The minimum atomic E-state index is -0.00522. The summed E-state index contributed by atoms with van der Waals surface area (Å²) in [4.78, 5) is 25.1. The van der Waals surface area contributed by atoms with E-state index in [0.29, 0.717) is 25.3 Å². The highest BCUT2D eigenvalue weighted by molar-refractivity contribution is 5.75. The van der Waals surface area contributed by atoms with Gasteiger partial charge in [-0.2, -0.15) is 0 Å². The van der Waals surface area contributed by atoms with Crippen LogP contribution in [-0.4, -0.2) is 32.0 Å². The molecule has 0 saturated carbocycles. The van der Waals surface area contributed by atoms with Gasteiger partial charge in [0.1, 0.15) is 11.9 Å². The molecule has 1 aliphatic rings. The van der Waals surface area contributed by atoms with Gasteiger partial charge in [-0.25, -0.2) is 15.0 Å². The largest absolute Gasteiger partial charge is 0.370 e. The van der Waals surface area contributed by atoms with E-state index in [1.807, 2.05) is 16.8 Å². The van der Waals surface area contributed by atoms with E-state index in [2.05, 4.69) is 27.2 Å². The average molecular weight is 329 g/mol. The molecule has 1 unspecified atom stereocenters. The van der Waals surface area contributed by atoms with Gasteiger partial charge in [0.05, 0.1) is 12.2 Å². The molecule has 1 saturated heterocycles. The first kappa shape index (κ1) is 16.6. The highest BCUT2D eigenvalue weighted by Gasteiger charge is 2.20. The number of ether oxygens (including phenoxy) is 1. The number of amides is 1. The predicted molar refractivity (Wildman–Crippen MR) is 88.0 cm³/mol. The number of hydrogen-bond donors (Lipinski definition) is 1. The van der Waals surface area contributed by atoms with Gasteiger partial charge in [-0.15, -0.1) is 0 Å². The number of carbonyl (C=O) groups excluding carboxylic acids is 1. The maximum Gasteiger partial charge on any atom is 0.222 e. The highest BCUT2D eigenvalue weighted by Crippen LogP contribution is 2.25. The van der Waals surface area contributed by atoms with Crippen molar-refractivity contribution in [3.63, 3.8) is 0 Å². The SMILES string of the molecule is CCc1nccn1CCC(=O)NCc1ccnc(C2CCCO2)n1. The van der Waals surface area contributed by atoms with Crippen LogP contribution >= 0.6 is 0 Å². The highest BCUT2D eigenvalue weighted by atomic mass is 16.5. The van der Waals surface area contributed by atoms with Crippen LogP contribution in [0.1, 0.15) is 49.6 Å². The maximum absolute atomic E-state index is 12.0. The third-order valence-electron chi connectivity index (χ3n) is 4.11. The van der Waals surface area contributed by atoms with Crippen LogP contribution in [0.4, 0.5) is 0 Å². The van der Waals surface area contributed by atoms with E-state index in [1.54, 1.807) is 12.4 Å². The van der Waals surface area contributed by atoms with Crippen molar-refractivity contribution in [2.75, 3.05) is 6.61 Å². The molecular formula is C17H23N5O2. The molecule has 7 heteroatoms. The molecule has 1 atom stereocenters. The molecule has 1 fully saturated rings. The second-order valence-electron chi connectivity index (χ2n) is 5.82. The zero-order valence-electron chi connectivity index (χ0n) is 13.9. The summed E-state index contributed by atoms with van der Waals surface area (Å²) in [6.45, 7) is 3.87. The van der Waals surface area contributed by atoms with Gasteiger partial charge in [-0.1, -0.05) is 6.92 Å². The first-order valence-corrected chi connectivity index (χ1v) is 8.46. The first-order valence-electron chi connectivity index (χ1n) is 8.46. The summed E-state index contributed by atoms with van der Waals surface area (Å²) in [6, 6.07) is 1.82. The second-order valence-corrected chi connectivity index (χ2v) is 5.82. The zero-order chi connectivity index (χ0) is 16.8. The fourth-order valence-corrected chi connectivity index (χ4v) is 2.81. The molecule has 3 rings (SSSR count). The number of nitrogens with zero attached hydrogens (tertiary/aromatic N) is 4. The number of imidazole rings is 1. The fourth-order valence-electron chi connectivity index (χ4n) is 2.81. The molecule has 7 nitrogen and oxygen atoms in total. The second kappa shape index (κ2) is 8.01. The van der Waals surface area contributed by atoms with Crippen LogP contribution in [0, 0.1) is 0 Å². The summed E-state index contributed by atoms with van der Waals surface area (Å²) < 4.78 is 7.61. The van der Waals surface area contributed by atoms with E-state index in [9.17, 15) is 4.79 Å². The molecule has 1 aliphatic heterocycles. The van der Waals surface area contributed by atoms with Gasteiger partial charge < -0.3 is 14.6 Å². The van der Waals surface area contributed by atoms with E-state index in [0.717, 1.165) is 37.4 Å². The van der Waals surface area contributed by atoms with Crippen molar-refractivity contribution in [3.05, 3.63) is 42.0 Å². The van der Waals surface area contributed by atoms with Crippen molar-refractivity contribution < 1.29 is 9.53 Å². The molecule has 0 bridgehead atoms. The predicted octanol–water partition coefficient (Wildman–Crippen LogP) is 1.79. The summed E-state index contributed by atoms with van der Waals surface area (Å²) in [7, 11) is 0. The van der Waals surface area contributed by atoms with E-state index >= 15 is 0 Å². The summed E-state index contributed by atoms with van der Waals surface area (Å²) in [5.41, 5.74) is 0.806. The molecule has 3 heterocycles. The van der Waals surface area contributed by atoms with E-state index in [-0.39, 0.29) is 12.0 Å². The number of carbonyl (C=O) groups is 1. The minimum Gasteiger partial charge on any atom is -0.370 e. The van der Waals surface area contributed by atoms with Crippen molar-refractivity contribution >= 4 is 5.91 Å². The monoisotopic (exact) mass is 329 g/mol. The average Bonchev–Trinajstić information content (AvgIpc) is 3.29. The molecule has 2 aromatic heterocycles. The Bertz CT molecular complexity index is 679. The lowest BCUT2D eigenvalue weighted by Gasteiger charge is -2.10. The van der Waals surface area contributed by atoms with Gasteiger partial charge in [0, 0.05) is 44.6 Å². The Balaban J connectivity index is 1.48. The smallest absolute Gasteiger partial charge is 0.222 e. The summed E-state index contributed by atoms with van der Waals surface area (Å²) >= 11 is 0. The first-order chi connectivity index (χ1) is 11.8. The Morgan fingerprint density at radius 3 is 3.12 bits per heavy atom. The van der Waals surface area contributed by atoms with Crippen molar-refractivity contribution in [2.24, 2.45) is 0 Å². The number of hydrogen-bond acceptors (Lipinski definition) is 5. The summed E-state index contributed by atoms with van der Waals surface area (Å²) in [5, 5.41) is 2.91. The normalized spacial score (nSPS) is 17.1. The molecule has 24 heavy (non-hydrogen) atoms. The van der Waals surface area contributed by atoms with Crippen LogP contribution in [0.3, 0.4) is 0 Å². The zero-order valence-corrected chi connectivity index (χ0v) is 13.9. The maximum atomic E-state index is 12.0. The lowest BCUT2D eigenvalue weighted by molar-refractivity contribution is -0.121. The number of rotatable bonds is 7. The Kier molecular flexibility index (Phi) is 5.53. The molecule has 0 aromatic carbocycles. The van der Waals surface area contributed by atoms with Gasteiger partial charge in [0.25, 0.3) is 0 Å². The number of nitrogens with one attached hydrogen (secondary N) is 1. The van der Waals surface area contributed by atoms with Crippen LogP contribution in [0.2, 0.25) is 0 Å². The van der Waals surface area contributed by atoms with Gasteiger partial charge in [0.2, 0.25) is 5.91 Å². The van der Waals surface area contributed by atoms with Gasteiger partial charge >= 0.3 is 0 Å². The molecule has 0 spiro atoms. The van der Waals surface area contributed by atoms with Crippen LogP contribution < -0.4 is 5.32 Å². The lowest BCUT2D eigenvalue weighted by Crippen LogP contribution is -2.25. The fraction of sp³-hybridized carbons (Fsp3) is 0.529. The van der Waals surface area contributed by atoms with Crippen molar-refractivity contribution in [1.82, 2.24) is 24.8 Å². The van der Waals surface area contributed by atoms with Crippen LogP contribution in [0.25, 0.3) is 0 Å². The lowest BCUT2D eigenvalue weighted by atomic mass is 10.2. The standard InChI is InChI=1S/C17H23N5O2/c1-2-15-18-8-10-22(15)9-6-16(23)20-12-13-5-7-19-17(21-13)14-4-3-11-24-14/h5,7-8,10,14H,2-4,6,9,11-12H2,1H3,(H,20,23). The Morgan fingerprint density at radius 2 is 2.33 bits per heavy atom. The van der Waals surface area contributed by atoms with Gasteiger partial charge in [-0.3, -0.25) is 4.79 Å². The Hall–Kier alpha value is -2.28. The number of aromatic nitrogens is 4. The molecule has 1 amide bonds. The summed E-state index contributed by atoms with van der Waals surface area (Å²) in [5.74, 6) is 1.72. The van der Waals surface area contributed by atoms with Crippen LogP contribution in [0.5, 0.6) is 0 Å². The number of aryl methyl sites for hydroxylation is 2. The van der Waals surface area contributed by atoms with Gasteiger partial charge in [0.15, 0.2) is 5.82 Å². The quantitative estimate of drug-likeness (QED) is 0.837. The summed E-state index contributed by atoms with van der Waals surface area (Å²) in [6.07, 6.45) is 8.69. The topological polar surface area (TPSA) is 81.9 Å². The van der Waals surface area contributed by atoms with Crippen LogP contribution in [0.15, 0.2) is 24.7 Å². The molecule has 0 radical (unpaired) electrons. The van der Waals surface area contributed by atoms with E-state index < -0.39 is 0 Å². The van der Waals surface area contributed by atoms with Crippen LogP contribution in [-0.2, 0) is 29.0 Å². The Labute approximate surface area is 141 Å². The van der Waals surface area contributed by atoms with Crippen molar-refractivity contribution in [2.45, 2.75) is 51.8 Å². The molecule has 2 aromatic rings. The molecule has 0 aliphatic carbocycles. The third kappa shape index (κ3) is 4.17. The van der Waals surface area contributed by atoms with E-state index in [4.69, 9.17) is 4.74 Å². The third-order valence-corrected chi connectivity index (χ3v) is 4.11. The van der Waals surface area contributed by atoms with Crippen molar-refractivity contribution in [3.8, 4) is 0 Å². The molecular weight excluding hydrogens is 306 g/mol. The van der Waals surface area contributed by atoms with E-state index in [1.165, 1.54) is 0 Å².